The van der Waals surface area contributed by atoms with Gasteiger partial charge >= 0.3 is 5.97 Å². The molecule has 156 valence electrons. The first-order chi connectivity index (χ1) is 15.6. The molecule has 0 atom stereocenters. The predicted molar refractivity (Wildman–Crippen MR) is 131 cm³/mol. The molecule has 32 heavy (non-hydrogen) atoms. The Kier molecular flexibility index (Phi) is 6.73. The number of hydrogen-bond donors (Lipinski definition) is 0. The van der Waals surface area contributed by atoms with E-state index in [1.54, 1.807) is 54.6 Å². The summed E-state index contributed by atoms with van der Waals surface area (Å²) >= 11 is 3.35. The zero-order chi connectivity index (χ0) is 22.3. The number of ketones is 1. The van der Waals surface area contributed by atoms with Crippen LogP contribution in [-0.2, 0) is 0 Å². The summed E-state index contributed by atoms with van der Waals surface area (Å²) < 4.78 is 6.10. The Hall–Kier alpha value is -3.76. The van der Waals surface area contributed by atoms with Crippen molar-refractivity contribution in [3.8, 4) is 16.9 Å². The molecule has 0 radical (unpaired) electrons. The van der Waals surface area contributed by atoms with Crippen molar-refractivity contribution >= 4 is 33.8 Å². The number of rotatable bonds is 6. The number of benzene rings is 4. The Labute approximate surface area is 195 Å². The maximum absolute atomic E-state index is 12.5. The minimum absolute atomic E-state index is 0.0750. The van der Waals surface area contributed by atoms with Crippen molar-refractivity contribution in [1.29, 1.82) is 0 Å². The van der Waals surface area contributed by atoms with Crippen LogP contribution in [0.4, 0.5) is 0 Å². The number of ether oxygens (including phenoxy) is 1. The highest BCUT2D eigenvalue weighted by atomic mass is 79.9. The lowest BCUT2D eigenvalue weighted by atomic mass is 10.0. The SMILES string of the molecule is O=C(C=Cc1ccc(OC(=O)c2ccccc2Br)cc1)c1ccc(-c2ccccc2)cc1. The summed E-state index contributed by atoms with van der Waals surface area (Å²) in [6.45, 7) is 0. The quantitative estimate of drug-likeness (QED) is 0.126. The molecule has 0 bridgehead atoms. The van der Waals surface area contributed by atoms with Crippen LogP contribution in [0.2, 0.25) is 0 Å². The highest BCUT2D eigenvalue weighted by Gasteiger charge is 2.11. The van der Waals surface area contributed by atoms with Gasteiger partial charge in [0.2, 0.25) is 0 Å². The van der Waals surface area contributed by atoms with Crippen LogP contribution < -0.4 is 4.74 Å². The number of hydrogen-bond acceptors (Lipinski definition) is 3. The lowest BCUT2D eigenvalue weighted by Gasteiger charge is -2.06. The maximum Gasteiger partial charge on any atom is 0.344 e. The van der Waals surface area contributed by atoms with Crippen molar-refractivity contribution in [1.82, 2.24) is 0 Å². The smallest absolute Gasteiger partial charge is 0.344 e. The van der Waals surface area contributed by atoms with Crippen LogP contribution in [0, 0.1) is 0 Å². The molecule has 0 saturated carbocycles. The highest BCUT2D eigenvalue weighted by Crippen LogP contribution is 2.21. The van der Waals surface area contributed by atoms with Crippen LogP contribution in [0.3, 0.4) is 0 Å². The Balaban J connectivity index is 1.39. The average Bonchev–Trinajstić information content (AvgIpc) is 2.84. The molecule has 0 aliphatic carbocycles. The van der Waals surface area contributed by atoms with Gasteiger partial charge < -0.3 is 4.74 Å². The summed E-state index contributed by atoms with van der Waals surface area (Å²) in [7, 11) is 0. The molecule has 0 aliphatic heterocycles. The topological polar surface area (TPSA) is 43.4 Å². The summed E-state index contributed by atoms with van der Waals surface area (Å²) in [5, 5.41) is 0. The van der Waals surface area contributed by atoms with E-state index in [-0.39, 0.29) is 5.78 Å². The first kappa shape index (κ1) is 21.5. The molecule has 4 heteroatoms. The monoisotopic (exact) mass is 482 g/mol. The molecule has 0 unspecified atom stereocenters. The lowest BCUT2D eigenvalue weighted by molar-refractivity contribution is 0.0733. The van der Waals surface area contributed by atoms with E-state index in [0.717, 1.165) is 16.7 Å². The normalized spacial score (nSPS) is 10.8. The molecule has 0 spiro atoms. The molecule has 0 fully saturated rings. The summed E-state index contributed by atoms with van der Waals surface area (Å²) in [5.41, 5.74) is 4.10. The highest BCUT2D eigenvalue weighted by molar-refractivity contribution is 9.10. The third-order valence-corrected chi connectivity index (χ3v) is 5.58. The van der Waals surface area contributed by atoms with Gasteiger partial charge in [-0.15, -0.1) is 0 Å². The van der Waals surface area contributed by atoms with Crippen LogP contribution in [-0.4, -0.2) is 11.8 Å². The second-order valence-corrected chi connectivity index (χ2v) is 7.93. The van der Waals surface area contributed by atoms with Crippen LogP contribution >= 0.6 is 15.9 Å². The van der Waals surface area contributed by atoms with E-state index in [9.17, 15) is 9.59 Å². The van der Waals surface area contributed by atoms with Gasteiger partial charge in [0.1, 0.15) is 5.75 Å². The van der Waals surface area contributed by atoms with Gasteiger partial charge in [0.15, 0.2) is 5.78 Å². The molecule has 0 saturated heterocycles. The van der Waals surface area contributed by atoms with E-state index in [1.165, 1.54) is 0 Å². The predicted octanol–water partition coefficient (Wildman–Crippen LogP) is 7.23. The fourth-order valence-electron chi connectivity index (χ4n) is 3.16. The average molecular weight is 483 g/mol. The van der Waals surface area contributed by atoms with Crippen molar-refractivity contribution in [2.45, 2.75) is 0 Å². The minimum Gasteiger partial charge on any atom is -0.423 e. The molecule has 4 rings (SSSR count). The minimum atomic E-state index is -0.435. The Morgan fingerprint density at radius 2 is 1.31 bits per heavy atom. The largest absolute Gasteiger partial charge is 0.423 e. The molecule has 0 heterocycles. The van der Waals surface area contributed by atoms with Crippen LogP contribution in [0.25, 0.3) is 17.2 Å². The first-order valence-electron chi connectivity index (χ1n) is 10.0. The molecule has 3 nitrogen and oxygen atoms in total. The van der Waals surface area contributed by atoms with E-state index < -0.39 is 5.97 Å². The van der Waals surface area contributed by atoms with Gasteiger partial charge in [0.05, 0.1) is 5.56 Å². The number of halogens is 1. The maximum atomic E-state index is 12.5. The summed E-state index contributed by atoms with van der Waals surface area (Å²) in [4.78, 5) is 24.8. The van der Waals surface area contributed by atoms with Gasteiger partial charge in [0, 0.05) is 10.0 Å². The van der Waals surface area contributed by atoms with Gasteiger partial charge in [0.25, 0.3) is 0 Å². The molecular weight excluding hydrogens is 464 g/mol. The van der Waals surface area contributed by atoms with Crippen molar-refractivity contribution in [2.24, 2.45) is 0 Å². The number of esters is 1. The van der Waals surface area contributed by atoms with Crippen molar-refractivity contribution in [2.75, 3.05) is 0 Å². The molecule has 0 amide bonds. The van der Waals surface area contributed by atoms with Crippen LogP contribution in [0.5, 0.6) is 5.75 Å². The van der Waals surface area contributed by atoms with Crippen LogP contribution in [0.15, 0.2) is 114 Å². The molecule has 0 N–H and O–H groups in total. The lowest BCUT2D eigenvalue weighted by Crippen LogP contribution is -2.09. The second kappa shape index (κ2) is 10.0. The van der Waals surface area contributed by atoms with E-state index in [1.807, 2.05) is 60.7 Å². The van der Waals surface area contributed by atoms with Gasteiger partial charge in [-0.3, -0.25) is 4.79 Å². The Morgan fingerprint density at radius 3 is 2.00 bits per heavy atom. The molecular formula is C28H19BrO3. The van der Waals surface area contributed by atoms with Gasteiger partial charge in [-0.2, -0.15) is 0 Å². The van der Waals surface area contributed by atoms with Crippen LogP contribution in [0.1, 0.15) is 26.3 Å². The second-order valence-electron chi connectivity index (χ2n) is 7.08. The summed E-state index contributed by atoms with van der Waals surface area (Å²) in [6.07, 6.45) is 3.28. The Morgan fingerprint density at radius 1 is 0.688 bits per heavy atom. The van der Waals surface area contributed by atoms with Gasteiger partial charge in [-0.05, 0) is 63.0 Å². The van der Waals surface area contributed by atoms with Crippen molar-refractivity contribution in [3.05, 3.63) is 130 Å². The zero-order valence-corrected chi connectivity index (χ0v) is 18.7. The standard InChI is InChI=1S/C28H19BrO3/c29-26-9-5-4-8-25(26)28(31)32-24-17-10-20(11-18-24)12-19-27(30)23-15-13-22(14-16-23)21-6-2-1-3-7-21/h1-19H. The van der Waals surface area contributed by atoms with Crippen molar-refractivity contribution < 1.29 is 14.3 Å². The third-order valence-electron chi connectivity index (χ3n) is 4.89. The first-order valence-corrected chi connectivity index (χ1v) is 10.8. The van der Waals surface area contributed by atoms with E-state index in [2.05, 4.69) is 15.9 Å². The van der Waals surface area contributed by atoms with Crippen molar-refractivity contribution in [3.63, 3.8) is 0 Å². The van der Waals surface area contributed by atoms with E-state index in [4.69, 9.17) is 4.74 Å². The molecule has 4 aromatic rings. The molecule has 0 aliphatic rings. The summed E-state index contributed by atoms with van der Waals surface area (Å²) in [6, 6.07) is 31.7. The van der Waals surface area contributed by atoms with E-state index >= 15 is 0 Å². The number of carbonyl (C=O) groups is 2. The fourth-order valence-corrected chi connectivity index (χ4v) is 3.61. The molecule has 0 aromatic heterocycles. The zero-order valence-electron chi connectivity index (χ0n) is 17.1. The Bertz CT molecular complexity index is 1260. The van der Waals surface area contributed by atoms with Gasteiger partial charge in [-0.25, -0.2) is 4.79 Å². The van der Waals surface area contributed by atoms with Gasteiger partial charge in [-0.1, -0.05) is 84.9 Å². The number of carbonyl (C=O) groups excluding carboxylic acids is 2. The molecule has 4 aromatic carbocycles. The van der Waals surface area contributed by atoms with E-state index in [0.29, 0.717) is 21.3 Å². The number of allylic oxidation sites excluding steroid dienone is 1. The summed E-state index contributed by atoms with van der Waals surface area (Å²) in [5.74, 6) is -0.0744. The fraction of sp³-hybridized carbons (Fsp3) is 0. The third kappa shape index (κ3) is 5.29.